The SMILES string of the molecule is Cc1c(Cl)cccc1NC(=O)COC(=O)CCC(=O)Nc1ccc([N+](=O)[O-])cc1. The van der Waals surface area contributed by atoms with Crippen molar-refractivity contribution in [2.24, 2.45) is 0 Å². The number of nitrogens with zero attached hydrogens (tertiary/aromatic N) is 1. The van der Waals surface area contributed by atoms with E-state index in [1.807, 2.05) is 0 Å². The molecule has 0 atom stereocenters. The van der Waals surface area contributed by atoms with Crippen LogP contribution in [0.3, 0.4) is 0 Å². The van der Waals surface area contributed by atoms with Gasteiger partial charge in [0.1, 0.15) is 0 Å². The van der Waals surface area contributed by atoms with Gasteiger partial charge in [-0.2, -0.15) is 0 Å². The average molecular weight is 420 g/mol. The topological polar surface area (TPSA) is 128 Å². The Bertz CT molecular complexity index is 930. The first-order valence-corrected chi connectivity index (χ1v) is 8.89. The number of halogens is 1. The van der Waals surface area contributed by atoms with Crippen LogP contribution in [0.5, 0.6) is 0 Å². The molecule has 0 radical (unpaired) electrons. The zero-order chi connectivity index (χ0) is 21.4. The number of nitro groups is 1. The van der Waals surface area contributed by atoms with E-state index in [4.69, 9.17) is 16.3 Å². The second-order valence-electron chi connectivity index (χ2n) is 5.97. The lowest BCUT2D eigenvalue weighted by molar-refractivity contribution is -0.384. The number of non-ortho nitro benzene ring substituents is 1. The molecular weight excluding hydrogens is 402 g/mol. The third-order valence-corrected chi connectivity index (χ3v) is 4.23. The first kappa shape index (κ1) is 21.8. The summed E-state index contributed by atoms with van der Waals surface area (Å²) in [5, 5.41) is 16.2. The molecule has 0 fully saturated rings. The van der Waals surface area contributed by atoms with Crippen LogP contribution in [0.4, 0.5) is 17.1 Å². The first-order chi connectivity index (χ1) is 13.8. The molecule has 0 saturated heterocycles. The van der Waals surface area contributed by atoms with E-state index in [0.717, 1.165) is 0 Å². The van der Waals surface area contributed by atoms with Crippen LogP contribution in [0.1, 0.15) is 18.4 Å². The van der Waals surface area contributed by atoms with Crippen LogP contribution in [0, 0.1) is 17.0 Å². The third-order valence-electron chi connectivity index (χ3n) is 3.82. The number of rotatable bonds is 8. The standard InChI is InChI=1S/C19H18ClN3O6/c1-12-15(20)3-2-4-16(12)22-18(25)11-29-19(26)10-9-17(24)21-13-5-7-14(8-6-13)23(27)28/h2-8H,9-11H2,1H3,(H,21,24)(H,22,25). The number of esters is 1. The van der Waals surface area contributed by atoms with Crippen molar-refractivity contribution in [2.75, 3.05) is 17.2 Å². The Balaban J connectivity index is 1.72. The number of hydrogen-bond donors (Lipinski definition) is 2. The first-order valence-electron chi connectivity index (χ1n) is 8.51. The van der Waals surface area contributed by atoms with Gasteiger partial charge in [0.05, 0.1) is 11.3 Å². The monoisotopic (exact) mass is 419 g/mol. The number of anilines is 2. The highest BCUT2D eigenvalue weighted by Gasteiger charge is 2.12. The van der Waals surface area contributed by atoms with E-state index in [1.165, 1.54) is 24.3 Å². The number of nitrogens with one attached hydrogen (secondary N) is 2. The number of ether oxygens (including phenoxy) is 1. The third kappa shape index (κ3) is 6.89. The molecule has 0 aliphatic heterocycles. The number of amides is 2. The lowest BCUT2D eigenvalue weighted by Crippen LogP contribution is -2.22. The molecule has 0 heterocycles. The molecular formula is C19H18ClN3O6. The molecule has 2 N–H and O–H groups in total. The quantitative estimate of drug-likeness (QED) is 0.383. The van der Waals surface area contributed by atoms with Crippen LogP contribution in [0.25, 0.3) is 0 Å². The predicted octanol–water partition coefficient (Wildman–Crippen LogP) is 3.46. The molecule has 0 aliphatic carbocycles. The fourth-order valence-electron chi connectivity index (χ4n) is 2.25. The van der Waals surface area contributed by atoms with Gasteiger partial charge in [-0.15, -0.1) is 0 Å². The Morgan fingerprint density at radius 3 is 2.38 bits per heavy atom. The average Bonchev–Trinajstić information content (AvgIpc) is 2.68. The molecule has 29 heavy (non-hydrogen) atoms. The molecule has 0 unspecified atom stereocenters. The highest BCUT2D eigenvalue weighted by atomic mass is 35.5. The van der Waals surface area contributed by atoms with Crippen LogP contribution in [0.15, 0.2) is 42.5 Å². The summed E-state index contributed by atoms with van der Waals surface area (Å²) in [6, 6.07) is 10.3. The summed E-state index contributed by atoms with van der Waals surface area (Å²) < 4.78 is 4.85. The van der Waals surface area contributed by atoms with Gasteiger partial charge in [0.2, 0.25) is 5.91 Å². The molecule has 0 bridgehead atoms. The minimum atomic E-state index is -0.707. The van der Waals surface area contributed by atoms with E-state index in [2.05, 4.69) is 10.6 Å². The van der Waals surface area contributed by atoms with Gasteiger partial charge in [-0.1, -0.05) is 17.7 Å². The minimum absolute atomic E-state index is 0.0992. The Morgan fingerprint density at radius 1 is 1.03 bits per heavy atom. The fraction of sp³-hybridized carbons (Fsp3) is 0.211. The van der Waals surface area contributed by atoms with E-state index >= 15 is 0 Å². The number of nitro benzene ring substituents is 1. The summed E-state index contributed by atoms with van der Waals surface area (Å²) >= 11 is 5.97. The fourth-order valence-corrected chi connectivity index (χ4v) is 2.43. The van der Waals surface area contributed by atoms with Gasteiger partial charge in [-0.3, -0.25) is 24.5 Å². The molecule has 0 saturated carbocycles. The van der Waals surface area contributed by atoms with E-state index in [9.17, 15) is 24.5 Å². The summed E-state index contributed by atoms with van der Waals surface area (Å²) in [6.45, 7) is 1.25. The zero-order valence-corrected chi connectivity index (χ0v) is 16.2. The summed E-state index contributed by atoms with van der Waals surface area (Å²) in [7, 11) is 0. The van der Waals surface area contributed by atoms with Gasteiger partial charge < -0.3 is 15.4 Å². The van der Waals surface area contributed by atoms with Gasteiger partial charge in [-0.05, 0) is 36.8 Å². The van der Waals surface area contributed by atoms with Gasteiger partial charge in [0, 0.05) is 35.0 Å². The van der Waals surface area contributed by atoms with Crippen LogP contribution >= 0.6 is 11.6 Å². The normalized spacial score (nSPS) is 10.1. The summed E-state index contributed by atoms with van der Waals surface area (Å²) in [5.41, 5.74) is 1.47. The number of hydrogen-bond acceptors (Lipinski definition) is 6. The Morgan fingerprint density at radius 2 is 1.72 bits per heavy atom. The summed E-state index contributed by atoms with van der Waals surface area (Å²) in [6.07, 6.45) is -0.382. The molecule has 0 aromatic heterocycles. The van der Waals surface area contributed by atoms with Crippen molar-refractivity contribution < 1.29 is 24.0 Å². The van der Waals surface area contributed by atoms with Crippen LogP contribution < -0.4 is 10.6 Å². The summed E-state index contributed by atoms with van der Waals surface area (Å²) in [5.74, 6) is -1.70. The Labute approximate surface area is 171 Å². The maximum absolute atomic E-state index is 11.9. The van der Waals surface area contributed by atoms with E-state index < -0.39 is 29.3 Å². The molecule has 9 nitrogen and oxygen atoms in total. The smallest absolute Gasteiger partial charge is 0.306 e. The molecule has 2 amide bonds. The second kappa shape index (κ2) is 10.2. The lowest BCUT2D eigenvalue weighted by atomic mass is 10.2. The minimum Gasteiger partial charge on any atom is -0.456 e. The lowest BCUT2D eigenvalue weighted by Gasteiger charge is -2.10. The van der Waals surface area contributed by atoms with Crippen molar-refractivity contribution in [1.82, 2.24) is 0 Å². The van der Waals surface area contributed by atoms with Crippen molar-refractivity contribution >= 4 is 46.4 Å². The van der Waals surface area contributed by atoms with Gasteiger partial charge in [-0.25, -0.2) is 0 Å². The van der Waals surface area contributed by atoms with Gasteiger partial charge >= 0.3 is 5.97 Å². The Hall–Kier alpha value is -3.46. The van der Waals surface area contributed by atoms with Crippen molar-refractivity contribution in [3.8, 4) is 0 Å². The van der Waals surface area contributed by atoms with E-state index in [0.29, 0.717) is 22.0 Å². The van der Waals surface area contributed by atoms with Crippen LogP contribution in [-0.4, -0.2) is 29.3 Å². The van der Waals surface area contributed by atoms with E-state index in [1.54, 1.807) is 25.1 Å². The van der Waals surface area contributed by atoms with Crippen molar-refractivity contribution in [2.45, 2.75) is 19.8 Å². The molecule has 0 spiro atoms. The maximum Gasteiger partial charge on any atom is 0.306 e. The maximum atomic E-state index is 11.9. The van der Waals surface area contributed by atoms with Crippen molar-refractivity contribution in [1.29, 1.82) is 0 Å². The van der Waals surface area contributed by atoms with Gasteiger partial charge in [0.15, 0.2) is 6.61 Å². The molecule has 2 aromatic rings. The molecule has 2 rings (SSSR count). The van der Waals surface area contributed by atoms with Crippen molar-refractivity contribution in [3.05, 3.63) is 63.2 Å². The molecule has 0 aliphatic rings. The van der Waals surface area contributed by atoms with E-state index in [-0.39, 0.29) is 18.5 Å². The molecule has 2 aromatic carbocycles. The zero-order valence-electron chi connectivity index (χ0n) is 15.4. The highest BCUT2D eigenvalue weighted by Crippen LogP contribution is 2.22. The summed E-state index contributed by atoms with van der Waals surface area (Å²) in [4.78, 5) is 45.5. The number of carbonyl (C=O) groups excluding carboxylic acids is 3. The molecule has 152 valence electrons. The van der Waals surface area contributed by atoms with Crippen molar-refractivity contribution in [3.63, 3.8) is 0 Å². The number of benzene rings is 2. The van der Waals surface area contributed by atoms with Crippen LogP contribution in [0.2, 0.25) is 5.02 Å². The largest absolute Gasteiger partial charge is 0.456 e. The predicted molar refractivity (Wildman–Crippen MR) is 107 cm³/mol. The van der Waals surface area contributed by atoms with Gasteiger partial charge in [0.25, 0.3) is 11.6 Å². The molecule has 10 heteroatoms. The van der Waals surface area contributed by atoms with Crippen LogP contribution in [-0.2, 0) is 19.1 Å². The second-order valence-corrected chi connectivity index (χ2v) is 6.38. The Kier molecular flexibility index (Phi) is 7.67. The number of carbonyl (C=O) groups is 3. The highest BCUT2D eigenvalue weighted by molar-refractivity contribution is 6.31.